The standard InChI is InChI=1S/C23H22O4/c1-25-21-13-20-18(12-22(21)26-14-16-8-4-2-5-9-16)23(19(24)15-27-20)17-10-6-3-7-11-17/h2-13,19,23-24H,14-15H2,1H3/t19-,23-/m0/s1. The number of ether oxygens (including phenoxy) is 3. The van der Waals surface area contributed by atoms with E-state index < -0.39 is 6.10 Å². The summed E-state index contributed by atoms with van der Waals surface area (Å²) in [7, 11) is 1.61. The second kappa shape index (κ2) is 7.72. The molecule has 3 aromatic carbocycles. The Morgan fingerprint density at radius 2 is 1.67 bits per heavy atom. The van der Waals surface area contributed by atoms with E-state index in [0.29, 0.717) is 18.1 Å². The first-order chi connectivity index (χ1) is 13.3. The molecule has 4 rings (SSSR count). The lowest BCUT2D eigenvalue weighted by Crippen LogP contribution is -2.31. The van der Waals surface area contributed by atoms with Crippen LogP contribution >= 0.6 is 0 Å². The van der Waals surface area contributed by atoms with E-state index in [1.165, 1.54) is 0 Å². The number of benzene rings is 3. The molecule has 0 aliphatic carbocycles. The van der Waals surface area contributed by atoms with Crippen molar-refractivity contribution in [3.63, 3.8) is 0 Å². The Morgan fingerprint density at radius 3 is 2.37 bits per heavy atom. The van der Waals surface area contributed by atoms with Crippen LogP contribution in [0.5, 0.6) is 17.2 Å². The van der Waals surface area contributed by atoms with Crippen molar-refractivity contribution in [2.24, 2.45) is 0 Å². The van der Waals surface area contributed by atoms with Crippen LogP contribution in [0.4, 0.5) is 0 Å². The molecular weight excluding hydrogens is 340 g/mol. The van der Waals surface area contributed by atoms with Crippen molar-refractivity contribution in [1.82, 2.24) is 0 Å². The summed E-state index contributed by atoms with van der Waals surface area (Å²) in [6, 6.07) is 23.7. The molecule has 1 aliphatic heterocycles. The minimum absolute atomic E-state index is 0.167. The molecule has 1 aliphatic rings. The lowest BCUT2D eigenvalue weighted by molar-refractivity contribution is 0.0766. The Kier molecular flexibility index (Phi) is 4.99. The molecule has 1 N–H and O–H groups in total. The Labute approximate surface area is 158 Å². The zero-order chi connectivity index (χ0) is 18.6. The third kappa shape index (κ3) is 3.62. The third-order valence-electron chi connectivity index (χ3n) is 4.82. The van der Waals surface area contributed by atoms with E-state index in [9.17, 15) is 5.11 Å². The summed E-state index contributed by atoms with van der Waals surface area (Å²) in [6.07, 6.45) is -0.615. The van der Waals surface area contributed by atoms with Crippen LogP contribution in [0.25, 0.3) is 0 Å². The van der Waals surface area contributed by atoms with Crippen molar-refractivity contribution in [2.75, 3.05) is 13.7 Å². The van der Waals surface area contributed by atoms with Crippen LogP contribution in [0.2, 0.25) is 0 Å². The highest BCUT2D eigenvalue weighted by Crippen LogP contribution is 2.44. The van der Waals surface area contributed by atoms with Gasteiger partial charge in [0.2, 0.25) is 0 Å². The van der Waals surface area contributed by atoms with Crippen molar-refractivity contribution in [3.8, 4) is 17.2 Å². The average molecular weight is 362 g/mol. The van der Waals surface area contributed by atoms with E-state index in [-0.39, 0.29) is 12.5 Å². The van der Waals surface area contributed by atoms with E-state index in [0.717, 1.165) is 22.4 Å². The first-order valence-corrected chi connectivity index (χ1v) is 9.00. The van der Waals surface area contributed by atoms with Crippen LogP contribution in [0.15, 0.2) is 72.8 Å². The maximum absolute atomic E-state index is 10.6. The Hall–Kier alpha value is -2.98. The normalized spacial score (nSPS) is 18.3. The van der Waals surface area contributed by atoms with Crippen molar-refractivity contribution in [3.05, 3.63) is 89.5 Å². The first kappa shape index (κ1) is 17.4. The number of hydrogen-bond acceptors (Lipinski definition) is 4. The summed E-state index contributed by atoms with van der Waals surface area (Å²) < 4.78 is 17.3. The van der Waals surface area contributed by atoms with Gasteiger partial charge in [0.1, 0.15) is 19.0 Å². The molecule has 0 bridgehead atoms. The van der Waals surface area contributed by atoms with Gasteiger partial charge in [-0.1, -0.05) is 60.7 Å². The van der Waals surface area contributed by atoms with Gasteiger partial charge in [-0.15, -0.1) is 0 Å². The molecule has 0 amide bonds. The number of aliphatic hydroxyl groups is 1. The van der Waals surface area contributed by atoms with Gasteiger partial charge >= 0.3 is 0 Å². The zero-order valence-electron chi connectivity index (χ0n) is 15.2. The number of methoxy groups -OCH3 is 1. The Balaban J connectivity index is 1.70. The molecule has 1 heterocycles. The first-order valence-electron chi connectivity index (χ1n) is 9.00. The lowest BCUT2D eigenvalue weighted by atomic mass is 9.84. The molecule has 4 heteroatoms. The van der Waals surface area contributed by atoms with Crippen LogP contribution < -0.4 is 14.2 Å². The van der Waals surface area contributed by atoms with Gasteiger partial charge in [-0.3, -0.25) is 0 Å². The molecule has 0 saturated heterocycles. The van der Waals surface area contributed by atoms with E-state index in [4.69, 9.17) is 14.2 Å². The van der Waals surface area contributed by atoms with Gasteiger partial charge in [-0.25, -0.2) is 0 Å². The van der Waals surface area contributed by atoms with E-state index in [2.05, 4.69) is 0 Å². The fraction of sp³-hybridized carbons (Fsp3) is 0.217. The second-order valence-electron chi connectivity index (χ2n) is 6.58. The molecule has 0 unspecified atom stereocenters. The monoisotopic (exact) mass is 362 g/mol. The van der Waals surface area contributed by atoms with Crippen molar-refractivity contribution < 1.29 is 19.3 Å². The molecule has 0 radical (unpaired) electrons. The van der Waals surface area contributed by atoms with Crippen molar-refractivity contribution in [1.29, 1.82) is 0 Å². The number of aliphatic hydroxyl groups excluding tert-OH is 1. The Bertz CT molecular complexity index is 893. The van der Waals surface area contributed by atoms with Crippen molar-refractivity contribution >= 4 is 0 Å². The van der Waals surface area contributed by atoms with Gasteiger partial charge in [0.15, 0.2) is 11.5 Å². The van der Waals surface area contributed by atoms with Gasteiger partial charge in [0.05, 0.1) is 13.2 Å². The molecule has 138 valence electrons. The summed E-state index contributed by atoms with van der Waals surface area (Å²) in [4.78, 5) is 0. The molecule has 4 nitrogen and oxygen atoms in total. The Morgan fingerprint density at radius 1 is 0.963 bits per heavy atom. The van der Waals surface area contributed by atoms with E-state index in [1.54, 1.807) is 7.11 Å². The predicted octanol–water partition coefficient (Wildman–Crippen LogP) is 4.16. The predicted molar refractivity (Wildman–Crippen MR) is 104 cm³/mol. The van der Waals surface area contributed by atoms with Gasteiger partial charge in [-0.05, 0) is 17.2 Å². The average Bonchev–Trinajstić information content (AvgIpc) is 2.73. The van der Waals surface area contributed by atoms with Crippen LogP contribution in [0.1, 0.15) is 22.6 Å². The smallest absolute Gasteiger partial charge is 0.164 e. The van der Waals surface area contributed by atoms with E-state index >= 15 is 0 Å². The van der Waals surface area contributed by atoms with Crippen LogP contribution in [0.3, 0.4) is 0 Å². The quantitative estimate of drug-likeness (QED) is 0.740. The van der Waals surface area contributed by atoms with Crippen LogP contribution in [0, 0.1) is 0 Å². The third-order valence-corrected chi connectivity index (χ3v) is 4.82. The minimum Gasteiger partial charge on any atom is -0.493 e. The second-order valence-corrected chi connectivity index (χ2v) is 6.58. The molecule has 0 saturated carbocycles. The topological polar surface area (TPSA) is 47.9 Å². The van der Waals surface area contributed by atoms with Gasteiger partial charge in [0, 0.05) is 17.5 Å². The lowest BCUT2D eigenvalue weighted by Gasteiger charge is -2.31. The molecule has 0 fully saturated rings. The van der Waals surface area contributed by atoms with Gasteiger partial charge in [0.25, 0.3) is 0 Å². The molecule has 2 atom stereocenters. The zero-order valence-corrected chi connectivity index (χ0v) is 15.2. The highest BCUT2D eigenvalue weighted by atomic mass is 16.5. The van der Waals surface area contributed by atoms with Gasteiger partial charge < -0.3 is 19.3 Å². The minimum atomic E-state index is -0.615. The highest BCUT2D eigenvalue weighted by Gasteiger charge is 2.32. The fourth-order valence-corrected chi connectivity index (χ4v) is 3.47. The fourth-order valence-electron chi connectivity index (χ4n) is 3.47. The molecule has 27 heavy (non-hydrogen) atoms. The number of rotatable bonds is 5. The van der Waals surface area contributed by atoms with E-state index in [1.807, 2.05) is 72.8 Å². The number of hydrogen-bond donors (Lipinski definition) is 1. The summed E-state index contributed by atoms with van der Waals surface area (Å²) >= 11 is 0. The molecule has 0 aromatic heterocycles. The summed E-state index contributed by atoms with van der Waals surface area (Å²) in [5.41, 5.74) is 3.03. The summed E-state index contributed by atoms with van der Waals surface area (Å²) in [6.45, 7) is 0.690. The number of fused-ring (bicyclic) bond motifs is 1. The molecule has 0 spiro atoms. The summed E-state index contributed by atoms with van der Waals surface area (Å²) in [5, 5.41) is 10.6. The molecular formula is C23H22O4. The largest absolute Gasteiger partial charge is 0.493 e. The van der Waals surface area contributed by atoms with Crippen LogP contribution in [-0.2, 0) is 6.61 Å². The maximum atomic E-state index is 10.6. The molecule has 3 aromatic rings. The SMILES string of the molecule is COc1cc2c(cc1OCc1ccccc1)[C@H](c1ccccc1)[C@@H](O)CO2. The van der Waals surface area contributed by atoms with Crippen molar-refractivity contribution in [2.45, 2.75) is 18.6 Å². The summed E-state index contributed by atoms with van der Waals surface area (Å²) in [5.74, 6) is 1.81. The van der Waals surface area contributed by atoms with Gasteiger partial charge in [-0.2, -0.15) is 0 Å². The highest BCUT2D eigenvalue weighted by molar-refractivity contribution is 5.55. The van der Waals surface area contributed by atoms with Crippen LogP contribution in [-0.4, -0.2) is 24.9 Å². The maximum Gasteiger partial charge on any atom is 0.164 e.